The first kappa shape index (κ1) is 12.7. The summed E-state index contributed by atoms with van der Waals surface area (Å²) in [6.07, 6.45) is 0. The monoisotopic (exact) mass is 260 g/mol. The first-order chi connectivity index (χ1) is 8.97. The van der Waals surface area contributed by atoms with E-state index in [0.717, 1.165) is 5.69 Å². The molecule has 7 heteroatoms. The Kier molecular flexibility index (Phi) is 3.28. The fraction of sp³-hybridized carbons (Fsp3) is 0.167. The van der Waals surface area contributed by atoms with Gasteiger partial charge in [-0.3, -0.25) is 20.0 Å². The van der Waals surface area contributed by atoms with Crippen LogP contribution in [0, 0.1) is 24.0 Å². The third kappa shape index (κ3) is 2.76. The van der Waals surface area contributed by atoms with Crippen LogP contribution in [-0.2, 0) is 0 Å². The number of nitro benzene ring substituents is 1. The number of anilines is 1. The Hall–Kier alpha value is -2.70. The Morgan fingerprint density at radius 2 is 2.11 bits per heavy atom. The highest BCUT2D eigenvalue weighted by molar-refractivity contribution is 6.04. The van der Waals surface area contributed by atoms with Crippen LogP contribution < -0.4 is 5.32 Å². The summed E-state index contributed by atoms with van der Waals surface area (Å²) in [7, 11) is 0. The Labute approximate surface area is 108 Å². The Morgan fingerprint density at radius 3 is 2.63 bits per heavy atom. The average molecular weight is 260 g/mol. The quantitative estimate of drug-likeness (QED) is 0.652. The number of aromatic nitrogens is 2. The highest BCUT2D eigenvalue weighted by Gasteiger charge is 2.14. The second-order valence-corrected chi connectivity index (χ2v) is 4.15. The Bertz CT molecular complexity index is 648. The minimum absolute atomic E-state index is 0.00726. The van der Waals surface area contributed by atoms with Crippen LogP contribution in [0.2, 0.25) is 0 Å². The number of H-pyrrole nitrogens is 1. The molecule has 0 spiro atoms. The van der Waals surface area contributed by atoms with Crippen molar-refractivity contribution in [3.63, 3.8) is 0 Å². The fourth-order valence-electron chi connectivity index (χ4n) is 1.67. The van der Waals surface area contributed by atoms with E-state index in [-0.39, 0.29) is 11.6 Å². The summed E-state index contributed by atoms with van der Waals surface area (Å²) in [5.74, 6) is 0.0583. The van der Waals surface area contributed by atoms with Gasteiger partial charge in [-0.2, -0.15) is 5.10 Å². The number of hydrogen-bond acceptors (Lipinski definition) is 4. The average Bonchev–Trinajstić information content (AvgIpc) is 2.74. The van der Waals surface area contributed by atoms with Gasteiger partial charge < -0.3 is 5.32 Å². The smallest absolute Gasteiger partial charge is 0.272 e. The zero-order valence-corrected chi connectivity index (χ0v) is 10.4. The second kappa shape index (κ2) is 4.89. The lowest BCUT2D eigenvalue weighted by molar-refractivity contribution is -0.385. The molecule has 0 saturated heterocycles. The molecule has 0 fully saturated rings. The van der Waals surface area contributed by atoms with Crippen molar-refractivity contribution in [3.8, 4) is 0 Å². The molecule has 0 unspecified atom stereocenters. The molecule has 0 aliphatic carbocycles. The maximum Gasteiger partial charge on any atom is 0.272 e. The van der Waals surface area contributed by atoms with E-state index in [9.17, 15) is 14.9 Å². The van der Waals surface area contributed by atoms with Crippen molar-refractivity contribution in [3.05, 3.63) is 51.2 Å². The second-order valence-electron chi connectivity index (χ2n) is 4.15. The van der Waals surface area contributed by atoms with Crippen molar-refractivity contribution in [2.24, 2.45) is 0 Å². The van der Waals surface area contributed by atoms with E-state index in [1.165, 1.54) is 18.2 Å². The van der Waals surface area contributed by atoms with Gasteiger partial charge in [-0.15, -0.1) is 0 Å². The summed E-state index contributed by atoms with van der Waals surface area (Å²) >= 11 is 0. The Morgan fingerprint density at radius 1 is 1.37 bits per heavy atom. The molecule has 1 amide bonds. The SMILES string of the molecule is Cc1cc(NC(=O)c2ccc([N+](=O)[O-])c(C)c2)n[nH]1. The molecule has 0 radical (unpaired) electrons. The summed E-state index contributed by atoms with van der Waals surface area (Å²) in [4.78, 5) is 22.1. The van der Waals surface area contributed by atoms with Crippen LogP contribution in [0.1, 0.15) is 21.6 Å². The zero-order chi connectivity index (χ0) is 14.0. The summed E-state index contributed by atoms with van der Waals surface area (Å²) in [5, 5.41) is 19.9. The van der Waals surface area contributed by atoms with Crippen molar-refractivity contribution in [2.75, 3.05) is 5.32 Å². The van der Waals surface area contributed by atoms with Crippen molar-refractivity contribution in [1.82, 2.24) is 10.2 Å². The molecule has 0 saturated carbocycles. The highest BCUT2D eigenvalue weighted by atomic mass is 16.6. The van der Waals surface area contributed by atoms with Gasteiger partial charge in [-0.1, -0.05) is 0 Å². The lowest BCUT2D eigenvalue weighted by atomic mass is 10.1. The molecular weight excluding hydrogens is 248 g/mol. The van der Waals surface area contributed by atoms with Gasteiger partial charge in [0, 0.05) is 29.0 Å². The van der Waals surface area contributed by atoms with Crippen LogP contribution in [0.4, 0.5) is 11.5 Å². The maximum atomic E-state index is 11.9. The fourth-order valence-corrected chi connectivity index (χ4v) is 1.67. The van der Waals surface area contributed by atoms with E-state index in [2.05, 4.69) is 15.5 Å². The van der Waals surface area contributed by atoms with Crippen LogP contribution in [0.15, 0.2) is 24.3 Å². The van der Waals surface area contributed by atoms with Gasteiger partial charge in [0.05, 0.1) is 4.92 Å². The number of nitro groups is 1. The van der Waals surface area contributed by atoms with Crippen molar-refractivity contribution >= 4 is 17.4 Å². The first-order valence-corrected chi connectivity index (χ1v) is 5.56. The number of nitrogens with zero attached hydrogens (tertiary/aromatic N) is 2. The van der Waals surface area contributed by atoms with Crippen molar-refractivity contribution < 1.29 is 9.72 Å². The maximum absolute atomic E-state index is 11.9. The van der Waals surface area contributed by atoms with E-state index in [1.807, 2.05) is 6.92 Å². The van der Waals surface area contributed by atoms with E-state index in [1.54, 1.807) is 13.0 Å². The van der Waals surface area contributed by atoms with Gasteiger partial charge in [0.2, 0.25) is 0 Å². The molecule has 98 valence electrons. The van der Waals surface area contributed by atoms with Gasteiger partial charge in [0.25, 0.3) is 11.6 Å². The number of amides is 1. The molecule has 19 heavy (non-hydrogen) atoms. The van der Waals surface area contributed by atoms with Crippen LogP contribution >= 0.6 is 0 Å². The summed E-state index contributed by atoms with van der Waals surface area (Å²) in [6.45, 7) is 3.41. The van der Waals surface area contributed by atoms with Crippen LogP contribution in [0.25, 0.3) is 0 Å². The van der Waals surface area contributed by atoms with Gasteiger partial charge in [0.1, 0.15) is 0 Å². The van der Waals surface area contributed by atoms with Gasteiger partial charge in [0.15, 0.2) is 5.82 Å². The lowest BCUT2D eigenvalue weighted by Crippen LogP contribution is -2.12. The van der Waals surface area contributed by atoms with Crippen LogP contribution in [0.3, 0.4) is 0 Å². The van der Waals surface area contributed by atoms with Crippen LogP contribution in [0.5, 0.6) is 0 Å². The molecule has 1 heterocycles. The Balaban J connectivity index is 2.20. The standard InChI is InChI=1S/C12H12N4O3/c1-7-5-9(3-4-10(7)16(18)19)12(17)13-11-6-8(2)14-15-11/h3-6H,1-2H3,(H2,13,14,15,17). The van der Waals surface area contributed by atoms with E-state index >= 15 is 0 Å². The van der Waals surface area contributed by atoms with Crippen LogP contribution in [-0.4, -0.2) is 21.0 Å². The third-order valence-corrected chi connectivity index (χ3v) is 2.60. The highest BCUT2D eigenvalue weighted by Crippen LogP contribution is 2.19. The minimum Gasteiger partial charge on any atom is -0.305 e. The van der Waals surface area contributed by atoms with Gasteiger partial charge in [-0.05, 0) is 26.0 Å². The predicted octanol–water partition coefficient (Wildman–Crippen LogP) is 2.19. The molecule has 1 aromatic carbocycles. The number of carbonyl (C=O) groups is 1. The van der Waals surface area contributed by atoms with Crippen molar-refractivity contribution in [1.29, 1.82) is 0 Å². The number of aryl methyl sites for hydroxylation is 2. The molecule has 0 bridgehead atoms. The lowest BCUT2D eigenvalue weighted by Gasteiger charge is -2.03. The number of hydrogen-bond donors (Lipinski definition) is 2. The van der Waals surface area contributed by atoms with Gasteiger partial charge >= 0.3 is 0 Å². The molecule has 0 aliphatic heterocycles. The van der Waals surface area contributed by atoms with E-state index in [4.69, 9.17) is 0 Å². The number of benzene rings is 1. The normalized spacial score (nSPS) is 10.2. The minimum atomic E-state index is -0.478. The number of rotatable bonds is 3. The zero-order valence-electron chi connectivity index (χ0n) is 10.4. The number of carbonyl (C=O) groups excluding carboxylic acids is 1. The number of nitrogens with one attached hydrogen (secondary N) is 2. The van der Waals surface area contributed by atoms with Crippen molar-refractivity contribution in [2.45, 2.75) is 13.8 Å². The molecular formula is C12H12N4O3. The van der Waals surface area contributed by atoms with E-state index < -0.39 is 4.92 Å². The topological polar surface area (TPSA) is 101 Å². The molecule has 2 aromatic rings. The van der Waals surface area contributed by atoms with E-state index in [0.29, 0.717) is 16.9 Å². The number of aromatic amines is 1. The third-order valence-electron chi connectivity index (χ3n) is 2.60. The first-order valence-electron chi connectivity index (χ1n) is 5.56. The molecule has 0 aliphatic rings. The summed E-state index contributed by atoms with van der Waals surface area (Å²) in [6, 6.07) is 5.91. The largest absolute Gasteiger partial charge is 0.305 e. The van der Waals surface area contributed by atoms with Gasteiger partial charge in [-0.25, -0.2) is 0 Å². The molecule has 7 nitrogen and oxygen atoms in total. The predicted molar refractivity (Wildman–Crippen MR) is 69.1 cm³/mol. The molecule has 2 rings (SSSR count). The summed E-state index contributed by atoms with van der Waals surface area (Å²) < 4.78 is 0. The molecule has 2 N–H and O–H groups in total. The molecule has 1 aromatic heterocycles. The summed E-state index contributed by atoms with van der Waals surface area (Å²) in [5.41, 5.74) is 1.61. The molecule has 0 atom stereocenters.